The van der Waals surface area contributed by atoms with E-state index in [-0.39, 0.29) is 6.04 Å². The number of hydrogen-bond acceptors (Lipinski definition) is 3. The van der Waals surface area contributed by atoms with E-state index in [9.17, 15) is 5.11 Å². The highest BCUT2D eigenvalue weighted by Crippen LogP contribution is 2.33. The quantitative estimate of drug-likeness (QED) is 0.842. The minimum absolute atomic E-state index is 0.0308. The lowest BCUT2D eigenvalue weighted by Gasteiger charge is -2.33. The summed E-state index contributed by atoms with van der Waals surface area (Å²) in [5.74, 6) is 0.840. The Morgan fingerprint density at radius 3 is 2.83 bits per heavy atom. The van der Waals surface area contributed by atoms with Crippen LogP contribution in [0.3, 0.4) is 0 Å². The molecule has 1 aliphatic heterocycles. The Hall–Kier alpha value is -1.06. The number of hydrogen-bond donors (Lipinski definition) is 2. The molecule has 0 amide bonds. The number of rotatable bonds is 2. The van der Waals surface area contributed by atoms with Crippen molar-refractivity contribution in [3.63, 3.8) is 0 Å². The molecule has 0 unspecified atom stereocenters. The molecule has 1 saturated carbocycles. The van der Waals surface area contributed by atoms with Crippen molar-refractivity contribution in [1.82, 2.24) is 5.32 Å². The molecule has 2 atom stereocenters. The van der Waals surface area contributed by atoms with Crippen molar-refractivity contribution in [2.24, 2.45) is 0 Å². The molecule has 2 aliphatic rings. The zero-order chi connectivity index (χ0) is 12.5. The van der Waals surface area contributed by atoms with Crippen molar-refractivity contribution >= 4 is 0 Å². The van der Waals surface area contributed by atoms with E-state index in [0.717, 1.165) is 11.3 Å². The highest BCUT2D eigenvalue weighted by atomic mass is 16.5. The van der Waals surface area contributed by atoms with E-state index in [1.807, 2.05) is 25.1 Å². The summed E-state index contributed by atoms with van der Waals surface area (Å²) in [5, 5.41) is 14.0. The molecule has 3 rings (SSSR count). The van der Waals surface area contributed by atoms with Crippen molar-refractivity contribution in [2.75, 3.05) is 6.61 Å². The minimum atomic E-state index is -0.449. The first-order valence-electron chi connectivity index (χ1n) is 6.91. The van der Waals surface area contributed by atoms with Crippen molar-refractivity contribution in [3.05, 3.63) is 29.3 Å². The minimum Gasteiger partial charge on any atom is -0.491 e. The fourth-order valence-corrected chi connectivity index (χ4v) is 3.03. The highest BCUT2D eigenvalue weighted by molar-refractivity contribution is 5.40. The van der Waals surface area contributed by atoms with E-state index < -0.39 is 6.10 Å². The summed E-state index contributed by atoms with van der Waals surface area (Å²) >= 11 is 0. The van der Waals surface area contributed by atoms with Crippen LogP contribution in [0.5, 0.6) is 5.75 Å². The van der Waals surface area contributed by atoms with Gasteiger partial charge in [-0.15, -0.1) is 0 Å². The summed E-state index contributed by atoms with van der Waals surface area (Å²) < 4.78 is 5.78. The maximum Gasteiger partial charge on any atom is 0.125 e. The third-order valence-electron chi connectivity index (χ3n) is 4.09. The van der Waals surface area contributed by atoms with Gasteiger partial charge in [0.25, 0.3) is 0 Å². The largest absolute Gasteiger partial charge is 0.491 e. The van der Waals surface area contributed by atoms with Gasteiger partial charge in [-0.25, -0.2) is 0 Å². The summed E-state index contributed by atoms with van der Waals surface area (Å²) in [7, 11) is 0. The SMILES string of the molecule is Cc1ccc2c(c1)OC[C@@H](NC1CCCC1)[C@H]2O. The van der Waals surface area contributed by atoms with Gasteiger partial charge in [-0.2, -0.15) is 0 Å². The topological polar surface area (TPSA) is 41.5 Å². The van der Waals surface area contributed by atoms with Gasteiger partial charge >= 0.3 is 0 Å². The van der Waals surface area contributed by atoms with Gasteiger partial charge in [0.15, 0.2) is 0 Å². The first-order chi connectivity index (χ1) is 8.74. The Labute approximate surface area is 108 Å². The van der Waals surface area contributed by atoms with Crippen LogP contribution in [0.25, 0.3) is 0 Å². The predicted molar refractivity (Wildman–Crippen MR) is 70.8 cm³/mol. The molecule has 3 nitrogen and oxygen atoms in total. The van der Waals surface area contributed by atoms with Crippen LogP contribution in [-0.4, -0.2) is 23.8 Å². The number of nitrogens with one attached hydrogen (secondary N) is 1. The van der Waals surface area contributed by atoms with Crippen LogP contribution in [0.2, 0.25) is 0 Å². The fraction of sp³-hybridized carbons (Fsp3) is 0.600. The van der Waals surface area contributed by atoms with Gasteiger partial charge in [0.1, 0.15) is 18.5 Å². The summed E-state index contributed by atoms with van der Waals surface area (Å²) in [6.07, 6.45) is 4.61. The van der Waals surface area contributed by atoms with Gasteiger partial charge in [-0.1, -0.05) is 25.0 Å². The Kier molecular flexibility index (Phi) is 3.27. The average Bonchev–Trinajstić information content (AvgIpc) is 2.85. The predicted octanol–water partition coefficient (Wildman–Crippen LogP) is 2.32. The number of fused-ring (bicyclic) bond motifs is 1. The van der Waals surface area contributed by atoms with Crippen LogP contribution in [0.1, 0.15) is 42.9 Å². The molecule has 0 aromatic heterocycles. The van der Waals surface area contributed by atoms with E-state index >= 15 is 0 Å². The molecule has 18 heavy (non-hydrogen) atoms. The van der Waals surface area contributed by atoms with Gasteiger partial charge in [0.05, 0.1) is 6.04 Å². The molecule has 0 spiro atoms. The average molecular weight is 247 g/mol. The smallest absolute Gasteiger partial charge is 0.125 e. The standard InChI is InChI=1S/C15H21NO2/c1-10-6-7-12-14(8-10)18-9-13(15(12)17)16-11-4-2-3-5-11/h6-8,11,13,15-17H,2-5,9H2,1H3/t13-,15+/m1/s1. The number of ether oxygens (including phenoxy) is 1. The second-order valence-corrected chi connectivity index (χ2v) is 5.55. The Morgan fingerprint density at radius 2 is 2.06 bits per heavy atom. The fourth-order valence-electron chi connectivity index (χ4n) is 3.03. The molecule has 1 heterocycles. The van der Waals surface area contributed by atoms with Crippen LogP contribution in [0.15, 0.2) is 18.2 Å². The molecular weight excluding hydrogens is 226 g/mol. The Balaban J connectivity index is 1.74. The first kappa shape index (κ1) is 12.0. The van der Waals surface area contributed by atoms with Gasteiger partial charge in [0.2, 0.25) is 0 Å². The number of aliphatic hydroxyl groups excluding tert-OH is 1. The second kappa shape index (κ2) is 4.90. The molecule has 0 bridgehead atoms. The van der Waals surface area contributed by atoms with Gasteiger partial charge in [-0.05, 0) is 31.4 Å². The molecule has 1 aromatic rings. The third kappa shape index (κ3) is 2.25. The zero-order valence-corrected chi connectivity index (χ0v) is 10.9. The number of benzene rings is 1. The maximum atomic E-state index is 10.4. The molecule has 3 heteroatoms. The van der Waals surface area contributed by atoms with E-state index in [4.69, 9.17) is 4.74 Å². The molecule has 1 fully saturated rings. The lowest BCUT2D eigenvalue weighted by Crippen LogP contribution is -2.46. The summed E-state index contributed by atoms with van der Waals surface area (Å²) in [4.78, 5) is 0. The molecule has 0 radical (unpaired) electrons. The van der Waals surface area contributed by atoms with Crippen LogP contribution in [0.4, 0.5) is 0 Å². The summed E-state index contributed by atoms with van der Waals surface area (Å²) in [6, 6.07) is 6.61. The van der Waals surface area contributed by atoms with Crippen LogP contribution >= 0.6 is 0 Å². The van der Waals surface area contributed by atoms with Crippen molar-refractivity contribution < 1.29 is 9.84 Å². The molecule has 1 aromatic carbocycles. The lowest BCUT2D eigenvalue weighted by molar-refractivity contribution is 0.0677. The number of aryl methyl sites for hydroxylation is 1. The van der Waals surface area contributed by atoms with E-state index in [0.29, 0.717) is 12.6 Å². The Bertz CT molecular complexity index is 427. The summed E-state index contributed by atoms with van der Waals surface area (Å²) in [5.41, 5.74) is 2.09. The number of aliphatic hydroxyl groups is 1. The van der Waals surface area contributed by atoms with Crippen molar-refractivity contribution in [3.8, 4) is 5.75 Å². The van der Waals surface area contributed by atoms with Crippen LogP contribution < -0.4 is 10.1 Å². The van der Waals surface area contributed by atoms with E-state index in [2.05, 4.69) is 5.32 Å². The maximum absolute atomic E-state index is 10.4. The van der Waals surface area contributed by atoms with Crippen LogP contribution in [-0.2, 0) is 0 Å². The molecule has 1 aliphatic carbocycles. The normalized spacial score (nSPS) is 27.9. The lowest BCUT2D eigenvalue weighted by atomic mass is 9.97. The monoisotopic (exact) mass is 247 g/mol. The van der Waals surface area contributed by atoms with Gasteiger partial charge < -0.3 is 15.2 Å². The van der Waals surface area contributed by atoms with Gasteiger partial charge in [-0.3, -0.25) is 0 Å². The second-order valence-electron chi connectivity index (χ2n) is 5.55. The third-order valence-corrected chi connectivity index (χ3v) is 4.09. The van der Waals surface area contributed by atoms with Gasteiger partial charge in [0, 0.05) is 11.6 Å². The van der Waals surface area contributed by atoms with Crippen molar-refractivity contribution in [2.45, 2.75) is 50.8 Å². The van der Waals surface area contributed by atoms with Crippen molar-refractivity contribution in [1.29, 1.82) is 0 Å². The highest BCUT2D eigenvalue weighted by Gasteiger charge is 2.31. The van der Waals surface area contributed by atoms with E-state index in [1.165, 1.54) is 31.2 Å². The molecular formula is C15H21NO2. The molecule has 2 N–H and O–H groups in total. The zero-order valence-electron chi connectivity index (χ0n) is 10.9. The Morgan fingerprint density at radius 1 is 1.28 bits per heavy atom. The first-order valence-corrected chi connectivity index (χ1v) is 6.91. The van der Waals surface area contributed by atoms with E-state index in [1.54, 1.807) is 0 Å². The summed E-state index contributed by atoms with van der Waals surface area (Å²) in [6.45, 7) is 2.60. The van der Waals surface area contributed by atoms with Crippen LogP contribution in [0, 0.1) is 6.92 Å². The molecule has 0 saturated heterocycles. The molecule has 98 valence electrons.